The Kier molecular flexibility index (Phi) is 10.7. The Hall–Kier alpha value is -4.36. The zero-order chi connectivity index (χ0) is 39.3. The average Bonchev–Trinajstić information content (AvgIpc) is 3.72. The Balaban J connectivity index is 0.952. The highest BCUT2D eigenvalue weighted by atomic mass is 35.5. The molecule has 2 N–H and O–H groups in total. The summed E-state index contributed by atoms with van der Waals surface area (Å²) in [5.41, 5.74) is 7.32. The second-order valence-electron chi connectivity index (χ2n) is 16.5. The van der Waals surface area contributed by atoms with Crippen molar-refractivity contribution in [2.24, 2.45) is 19.5 Å². The van der Waals surface area contributed by atoms with Gasteiger partial charge in [0, 0.05) is 107 Å². The molecule has 0 unspecified atom stereocenters. The number of carbonyl (C=O) groups is 3. The molecule has 0 spiro atoms. The van der Waals surface area contributed by atoms with Crippen molar-refractivity contribution in [2.75, 3.05) is 31.6 Å². The lowest BCUT2D eigenvalue weighted by atomic mass is 9.73. The minimum Gasteiger partial charge on any atom is -0.481 e. The van der Waals surface area contributed by atoms with Crippen molar-refractivity contribution in [2.45, 2.75) is 96.8 Å². The Morgan fingerprint density at radius 3 is 2.07 bits per heavy atom. The second kappa shape index (κ2) is 15.5. The number of rotatable bonds is 9. The number of amides is 1. The molecule has 4 aliphatic rings. The maximum atomic E-state index is 13.8. The van der Waals surface area contributed by atoms with Gasteiger partial charge in [-0.2, -0.15) is 0 Å². The lowest BCUT2D eigenvalue weighted by Gasteiger charge is -2.41. The van der Waals surface area contributed by atoms with Crippen LogP contribution >= 0.6 is 11.6 Å². The molecule has 3 aliphatic heterocycles. The van der Waals surface area contributed by atoms with Gasteiger partial charge >= 0.3 is 5.97 Å². The second-order valence-corrected chi connectivity index (χ2v) is 16.8. The molecule has 5 heterocycles. The summed E-state index contributed by atoms with van der Waals surface area (Å²) in [6.07, 6.45) is 6.86. The van der Waals surface area contributed by atoms with Gasteiger partial charge in [-0.25, -0.2) is 9.97 Å². The number of fused-ring (bicyclic) bond motifs is 2. The molecule has 12 nitrogen and oxygen atoms in total. The van der Waals surface area contributed by atoms with E-state index < -0.39 is 11.4 Å². The molecule has 2 fully saturated rings. The van der Waals surface area contributed by atoms with E-state index in [0.29, 0.717) is 53.8 Å². The van der Waals surface area contributed by atoms with Gasteiger partial charge in [-0.15, -0.1) is 0 Å². The number of nitrogens with zero attached hydrogens (tertiary/aromatic N) is 6. The lowest BCUT2D eigenvalue weighted by Crippen LogP contribution is -2.44. The van der Waals surface area contributed by atoms with Crippen LogP contribution in [0.5, 0.6) is 0 Å². The van der Waals surface area contributed by atoms with Gasteiger partial charge in [0.15, 0.2) is 11.6 Å². The number of halogens is 1. The smallest absolute Gasteiger partial charge is 0.309 e. The van der Waals surface area contributed by atoms with Crippen LogP contribution in [0.4, 0.5) is 5.69 Å². The van der Waals surface area contributed by atoms with E-state index in [1.54, 1.807) is 0 Å². The van der Waals surface area contributed by atoms with Gasteiger partial charge in [0.2, 0.25) is 5.78 Å². The molecule has 56 heavy (non-hydrogen) atoms. The third-order valence-corrected chi connectivity index (χ3v) is 13.6. The zero-order valence-corrected chi connectivity index (χ0v) is 33.6. The zero-order valence-electron chi connectivity index (χ0n) is 32.9. The number of imidazole rings is 2. The first-order chi connectivity index (χ1) is 26.9. The van der Waals surface area contributed by atoms with Gasteiger partial charge in [-0.1, -0.05) is 41.9 Å². The molecule has 0 atom stereocenters. The van der Waals surface area contributed by atoms with Gasteiger partial charge < -0.3 is 24.3 Å². The van der Waals surface area contributed by atoms with Crippen LogP contribution in [0.1, 0.15) is 101 Å². The lowest BCUT2D eigenvalue weighted by molar-refractivity contribution is -0.150. The van der Waals surface area contributed by atoms with Crippen molar-refractivity contribution in [1.82, 2.24) is 28.9 Å². The number of carbonyl (C=O) groups excluding carboxylic acids is 2. The van der Waals surface area contributed by atoms with Crippen LogP contribution in [0.25, 0.3) is 11.1 Å². The largest absolute Gasteiger partial charge is 0.481 e. The Labute approximate surface area is 333 Å². The summed E-state index contributed by atoms with van der Waals surface area (Å²) in [5.74, 6) is -0.250. The number of aromatic nitrogens is 4. The fraction of sp³-hybridized carbons (Fsp3) is 0.512. The number of carboxylic acids is 1. The van der Waals surface area contributed by atoms with Gasteiger partial charge in [0.05, 0.1) is 21.8 Å². The Morgan fingerprint density at radius 1 is 0.857 bits per heavy atom. The van der Waals surface area contributed by atoms with Gasteiger partial charge in [-0.05, 0) is 75.1 Å². The molecule has 2 aromatic heterocycles. The number of hydrogen-bond acceptors (Lipinski definition) is 8. The van der Waals surface area contributed by atoms with Gasteiger partial charge in [-0.3, -0.25) is 24.2 Å². The van der Waals surface area contributed by atoms with Gasteiger partial charge in [0.1, 0.15) is 0 Å². The fourth-order valence-corrected chi connectivity index (χ4v) is 9.75. The van der Waals surface area contributed by atoms with Crippen LogP contribution in [0, 0.1) is 12.3 Å². The molecule has 13 heteroatoms. The monoisotopic (exact) mass is 781 g/mol. The van der Waals surface area contributed by atoms with Crippen LogP contribution in [0.3, 0.4) is 0 Å². The molecule has 1 amide bonds. The van der Waals surface area contributed by atoms with E-state index in [-0.39, 0.29) is 18.1 Å². The van der Waals surface area contributed by atoms with E-state index in [1.165, 1.54) is 0 Å². The molecule has 8 rings (SSSR count). The number of Topliss-reactive ketones (excluding diaryl/α,β-unsaturated/α-hetero) is 1. The quantitative estimate of drug-likeness (QED) is 0.185. The van der Waals surface area contributed by atoms with Crippen LogP contribution in [0.15, 0.2) is 36.4 Å². The van der Waals surface area contributed by atoms with E-state index in [4.69, 9.17) is 26.3 Å². The van der Waals surface area contributed by atoms with Crippen LogP contribution < -0.4 is 5.32 Å². The third-order valence-electron chi connectivity index (χ3n) is 13.1. The first kappa shape index (κ1) is 38.5. The summed E-state index contributed by atoms with van der Waals surface area (Å²) in [6.45, 7) is 8.62. The van der Waals surface area contributed by atoms with Crippen LogP contribution in [-0.2, 0) is 56.0 Å². The number of hydrogen-bond donors (Lipinski definition) is 2. The number of ketones is 1. The molecular weight excluding hydrogens is 730 g/mol. The number of ether oxygens (including phenoxy) is 1. The standard InChI is InChI=1S/C43H52ClN7O5/c1-26-30(31-9-5-7-27(38(31)44)23-37(52)39-45-33-24-51(20-13-35(33)48(39)3)29-15-21-56-22-16-29)8-6-10-32(26)47-41(53)40-46-34-25-50(19-14-36(34)49(40)4)28-11-17-43(2,18-12-28)42(54)55/h5-10,28-29H,11-25H2,1-4H3,(H,47,53)(H,54,55). The predicted molar refractivity (Wildman–Crippen MR) is 214 cm³/mol. The maximum absolute atomic E-state index is 13.8. The van der Waals surface area contributed by atoms with Crippen molar-refractivity contribution in [3.05, 3.63) is 87.0 Å². The summed E-state index contributed by atoms with van der Waals surface area (Å²) in [4.78, 5) is 54.0. The summed E-state index contributed by atoms with van der Waals surface area (Å²) < 4.78 is 9.44. The van der Waals surface area contributed by atoms with Crippen molar-refractivity contribution >= 4 is 34.9 Å². The number of benzene rings is 2. The van der Waals surface area contributed by atoms with Crippen molar-refractivity contribution < 1.29 is 24.2 Å². The third kappa shape index (κ3) is 7.21. The maximum Gasteiger partial charge on any atom is 0.309 e. The summed E-state index contributed by atoms with van der Waals surface area (Å²) in [6, 6.07) is 12.3. The van der Waals surface area contributed by atoms with Crippen LogP contribution in [-0.4, -0.2) is 90.1 Å². The Bertz CT molecular complexity index is 2180. The molecule has 2 aromatic carbocycles. The number of anilines is 1. The SMILES string of the molecule is Cc1c(NC(=O)c2nc3c(n2C)CCN(C2CCC(C)(C(=O)O)CC2)C3)cccc1-c1cccc(CC(=O)c2nc3c(n2C)CCN(C2CCOCC2)C3)c1Cl. The molecule has 4 aromatic rings. The van der Waals surface area contributed by atoms with Gasteiger partial charge in [0.25, 0.3) is 5.91 Å². The average molecular weight is 782 g/mol. The highest BCUT2D eigenvalue weighted by Gasteiger charge is 2.40. The minimum atomic E-state index is -0.710. The molecule has 0 bridgehead atoms. The Morgan fingerprint density at radius 2 is 1.43 bits per heavy atom. The normalized spacial score (nSPS) is 22.1. The van der Waals surface area contributed by atoms with E-state index in [9.17, 15) is 19.5 Å². The van der Waals surface area contributed by atoms with E-state index in [0.717, 1.165) is 116 Å². The topological polar surface area (TPSA) is 135 Å². The first-order valence-corrected chi connectivity index (χ1v) is 20.4. The minimum absolute atomic E-state index is 0.0721. The molecule has 0 radical (unpaired) electrons. The van der Waals surface area contributed by atoms with Crippen molar-refractivity contribution in [1.29, 1.82) is 0 Å². The summed E-state index contributed by atoms with van der Waals surface area (Å²) >= 11 is 7.09. The van der Waals surface area contributed by atoms with E-state index >= 15 is 0 Å². The molecule has 296 valence electrons. The highest BCUT2D eigenvalue weighted by molar-refractivity contribution is 6.34. The fourth-order valence-electron chi connectivity index (χ4n) is 9.46. The summed E-state index contributed by atoms with van der Waals surface area (Å²) in [5, 5.41) is 13.3. The van der Waals surface area contributed by atoms with Crippen molar-refractivity contribution in [3.63, 3.8) is 0 Å². The van der Waals surface area contributed by atoms with Crippen LogP contribution in [0.2, 0.25) is 5.02 Å². The number of nitrogens with one attached hydrogen (secondary N) is 1. The molecule has 1 saturated carbocycles. The molecule has 1 aliphatic carbocycles. The number of carboxylic acid groups (broad SMARTS) is 1. The first-order valence-electron chi connectivity index (χ1n) is 20.0. The summed E-state index contributed by atoms with van der Waals surface area (Å²) in [7, 11) is 3.84. The van der Waals surface area contributed by atoms with Crippen molar-refractivity contribution in [3.8, 4) is 11.1 Å². The molecular formula is C43H52ClN7O5. The molecule has 1 saturated heterocycles. The highest BCUT2D eigenvalue weighted by Crippen LogP contribution is 2.40. The van der Waals surface area contributed by atoms with E-state index in [2.05, 4.69) is 15.1 Å². The number of aliphatic carboxylic acids is 1. The predicted octanol–water partition coefficient (Wildman–Crippen LogP) is 6.39. The van der Waals surface area contributed by atoms with E-state index in [1.807, 2.05) is 73.5 Å².